The number of amides is 1. The molecule has 10 rings (SSSR count). The number of aromatic nitrogens is 4. The van der Waals surface area contributed by atoms with E-state index in [4.69, 9.17) is 47.2 Å². The van der Waals surface area contributed by atoms with Gasteiger partial charge in [0.1, 0.15) is 30.9 Å². The number of carbonyl (C=O) groups excluding carboxylic acids is 1. The monoisotopic (exact) mass is 1190 g/mol. The summed E-state index contributed by atoms with van der Waals surface area (Å²) in [6.07, 6.45) is -4.26. The molecule has 1 amide bonds. The summed E-state index contributed by atoms with van der Waals surface area (Å²) in [6.45, 7) is 25.6. The van der Waals surface area contributed by atoms with Crippen molar-refractivity contribution in [2.24, 2.45) is 5.92 Å². The molecule has 0 saturated carbocycles. The van der Waals surface area contributed by atoms with E-state index < -0.39 is 65.3 Å². The fourth-order valence-electron chi connectivity index (χ4n) is 11.6. The van der Waals surface area contributed by atoms with Gasteiger partial charge in [-0.25, -0.2) is 22.3 Å². The van der Waals surface area contributed by atoms with Gasteiger partial charge in [-0.2, -0.15) is 50.7 Å². The molecule has 4 aromatic rings. The third-order valence-corrected chi connectivity index (χ3v) is 16.1. The number of piperidine rings is 1. The van der Waals surface area contributed by atoms with Crippen LogP contribution in [0.4, 0.5) is 46.8 Å². The maximum absolute atomic E-state index is 13.8. The van der Waals surface area contributed by atoms with E-state index in [1.54, 1.807) is 12.1 Å². The van der Waals surface area contributed by atoms with Crippen molar-refractivity contribution in [1.82, 2.24) is 34.6 Å². The van der Waals surface area contributed by atoms with Gasteiger partial charge in [-0.1, -0.05) is 49.6 Å². The highest BCUT2D eigenvalue weighted by atomic mass is 19.4. The molecule has 6 aliphatic heterocycles. The van der Waals surface area contributed by atoms with E-state index in [2.05, 4.69) is 54.6 Å². The third kappa shape index (κ3) is 15.9. The van der Waals surface area contributed by atoms with E-state index in [-0.39, 0.29) is 93.4 Å². The smallest absolute Gasteiger partial charge is 0.416 e. The molecule has 0 radical (unpaired) electrons. The number of aliphatic carboxylic acids is 1. The number of rotatable bonds is 14. The zero-order valence-electron chi connectivity index (χ0n) is 47.2. The Hall–Kier alpha value is -7.52. The maximum Gasteiger partial charge on any atom is 0.416 e. The summed E-state index contributed by atoms with van der Waals surface area (Å²) in [7, 11) is 4.09. The second-order valence-electron chi connectivity index (χ2n) is 21.7. The molecule has 18 nitrogen and oxygen atoms in total. The van der Waals surface area contributed by atoms with Crippen molar-refractivity contribution in [2.75, 3.05) is 96.0 Å². The average molecular weight is 1190 g/mol. The quantitative estimate of drug-likeness (QED) is 0.0719. The fraction of sp³-hybridized carbons (Fsp3) is 0.525. The number of ether oxygens (including phenoxy) is 4. The SMILES string of the molecule is C=C(F)C(=O)O.[C-]#[N+]C[C@@H]1CCCN(c2nc(OC[C@@H]3CCCN3C)nc3c2COC(c2ccccc2C(F)(F)F)C3)C1.[C-]#[N+]C[C@H]1CN(c2nc(OC[C@@H]3CCCN3C)nc3c2COC(c2ccccc2C(F)(F)F)C3)CCN1C(=O)C(=C)F. The minimum absolute atomic E-state index is 0.0292. The van der Waals surface area contributed by atoms with Gasteiger partial charge in [-0.15, -0.1) is 0 Å². The van der Waals surface area contributed by atoms with E-state index >= 15 is 0 Å². The molecule has 2 unspecified atom stereocenters. The zero-order chi connectivity index (χ0) is 61.2. The Bertz CT molecular complexity index is 3130. The van der Waals surface area contributed by atoms with Gasteiger partial charge in [-0.05, 0) is 89.0 Å². The number of anilines is 2. The highest BCUT2D eigenvalue weighted by Crippen LogP contribution is 2.43. The van der Waals surface area contributed by atoms with Crippen molar-refractivity contribution >= 4 is 23.5 Å². The Balaban J connectivity index is 0.000000203. The number of hydrogen-bond donors (Lipinski definition) is 1. The number of nitrogens with zero attached hydrogens (tertiary/aromatic N) is 11. The van der Waals surface area contributed by atoms with Crippen molar-refractivity contribution in [3.05, 3.63) is 141 Å². The van der Waals surface area contributed by atoms with Crippen LogP contribution < -0.4 is 19.3 Å². The van der Waals surface area contributed by atoms with Gasteiger partial charge >= 0.3 is 30.3 Å². The number of carboxylic acid groups (broad SMARTS) is 1. The first-order valence-electron chi connectivity index (χ1n) is 27.9. The standard InChI is InChI=1S/C29H32F4N6O3.C27H32F3N5O2.C3H3FO2/c1-18(30)27(40)39-12-11-38(15-20(39)14-34-2)26-22-17-41-25(21-8-4-5-9-23(21)29(31,32)33)13-24(22)35-28(36-26)42-16-19-7-6-10-37(19)3;1-31-14-18-7-5-12-35(15-18)25-21-17-36-24(20-9-3-4-10-22(20)27(28,29)30)13-23(21)32-26(33-25)37-16-19-8-6-11-34(19)2;1-2(4)3(5)6/h4-5,8-9,19-20,25H,1,6-7,10-17H2,3H3;3-4,9-10,18-19,24H,5-8,11-17H2,2H3;1H2,(H,5,6)/t19-,20-,25?;18-,19-,24?;/m00./s1. The molecule has 0 aliphatic carbocycles. The van der Waals surface area contributed by atoms with Crippen molar-refractivity contribution in [3.63, 3.8) is 0 Å². The molecule has 1 N–H and O–H groups in total. The minimum Gasteiger partial charge on any atom is -0.476 e. The molecule has 26 heteroatoms. The van der Waals surface area contributed by atoms with Gasteiger partial charge in [-0.3, -0.25) is 4.79 Å². The Kier molecular flexibility index (Phi) is 21.0. The lowest BCUT2D eigenvalue weighted by Crippen LogP contribution is -2.57. The van der Waals surface area contributed by atoms with Crippen LogP contribution in [0.15, 0.2) is 73.3 Å². The lowest BCUT2D eigenvalue weighted by atomic mass is 9.94. The summed E-state index contributed by atoms with van der Waals surface area (Å²) in [5.74, 6) is -3.43. The minimum atomic E-state index is -4.54. The molecule has 8 heterocycles. The largest absolute Gasteiger partial charge is 0.476 e. The first-order chi connectivity index (χ1) is 40.5. The van der Waals surface area contributed by atoms with Crippen LogP contribution in [-0.4, -0.2) is 156 Å². The zero-order valence-corrected chi connectivity index (χ0v) is 47.2. The van der Waals surface area contributed by atoms with E-state index in [0.717, 1.165) is 81.7 Å². The van der Waals surface area contributed by atoms with Crippen LogP contribution in [0.1, 0.15) is 95.5 Å². The fourth-order valence-corrected chi connectivity index (χ4v) is 11.6. The van der Waals surface area contributed by atoms with Crippen LogP contribution in [0.3, 0.4) is 0 Å². The van der Waals surface area contributed by atoms with Gasteiger partial charge in [0.05, 0.1) is 47.9 Å². The van der Waals surface area contributed by atoms with Gasteiger partial charge in [0, 0.05) is 74.7 Å². The number of carboxylic acids is 1. The molecule has 6 aliphatic rings. The summed E-state index contributed by atoms with van der Waals surface area (Å²) in [4.78, 5) is 57.2. The summed E-state index contributed by atoms with van der Waals surface area (Å²) < 4.78 is 131. The van der Waals surface area contributed by atoms with Gasteiger partial charge in [0.15, 0.2) is 5.83 Å². The van der Waals surface area contributed by atoms with Crippen molar-refractivity contribution in [1.29, 1.82) is 0 Å². The Morgan fingerprint density at radius 3 is 1.53 bits per heavy atom. The van der Waals surface area contributed by atoms with Gasteiger partial charge < -0.3 is 58.2 Å². The van der Waals surface area contributed by atoms with Gasteiger partial charge in [0.25, 0.3) is 5.91 Å². The second-order valence-corrected chi connectivity index (χ2v) is 21.7. The topological polar surface area (TPSA) is 168 Å². The van der Waals surface area contributed by atoms with Crippen LogP contribution in [0.5, 0.6) is 12.0 Å². The maximum atomic E-state index is 13.8. The summed E-state index contributed by atoms with van der Waals surface area (Å²) >= 11 is 0. The van der Waals surface area contributed by atoms with E-state index in [1.807, 2.05) is 11.9 Å². The molecule has 0 bridgehead atoms. The molecular weight excluding hydrogens is 1130 g/mol. The molecular formula is C59H67F8N11O7. The van der Waals surface area contributed by atoms with Gasteiger partial charge in [0.2, 0.25) is 18.9 Å². The molecule has 2 aromatic carbocycles. The molecule has 4 fully saturated rings. The first kappa shape index (κ1) is 63.5. The molecule has 2 aromatic heterocycles. The number of alkyl halides is 6. The predicted molar refractivity (Wildman–Crippen MR) is 295 cm³/mol. The number of fused-ring (bicyclic) bond motifs is 2. The Morgan fingerprint density at radius 1 is 0.647 bits per heavy atom. The summed E-state index contributed by atoms with van der Waals surface area (Å²) in [6, 6.07) is 11.1. The lowest BCUT2D eigenvalue weighted by Gasteiger charge is -2.40. The highest BCUT2D eigenvalue weighted by molar-refractivity contribution is 5.91. The summed E-state index contributed by atoms with van der Waals surface area (Å²) in [5.41, 5.74) is 1.29. The van der Waals surface area contributed by atoms with Crippen LogP contribution >= 0.6 is 0 Å². The van der Waals surface area contributed by atoms with Crippen LogP contribution in [0.2, 0.25) is 0 Å². The van der Waals surface area contributed by atoms with Crippen LogP contribution in [-0.2, 0) is 57.5 Å². The van der Waals surface area contributed by atoms with E-state index in [1.165, 1.54) is 29.2 Å². The number of halogens is 8. The highest BCUT2D eigenvalue weighted by Gasteiger charge is 2.41. The molecule has 85 heavy (non-hydrogen) atoms. The number of benzene rings is 2. The number of carbonyl (C=O) groups is 2. The average Bonchev–Trinajstić information content (AvgIpc) is 3.60. The number of hydrogen-bond acceptors (Lipinski definition) is 14. The summed E-state index contributed by atoms with van der Waals surface area (Å²) in [5, 5.41) is 7.52. The van der Waals surface area contributed by atoms with Crippen molar-refractivity contribution in [2.45, 2.75) is 107 Å². The normalized spacial score (nSPS) is 22.5. The second kappa shape index (κ2) is 28.1. The number of likely N-dealkylation sites (tertiary alicyclic amines) is 2. The molecule has 456 valence electrons. The predicted octanol–water partition coefficient (Wildman–Crippen LogP) is 9.67. The number of piperazine rings is 1. The van der Waals surface area contributed by atoms with Crippen LogP contribution in [0, 0.1) is 19.1 Å². The Morgan fingerprint density at radius 2 is 1.11 bits per heavy atom. The molecule has 4 saturated heterocycles. The Labute approximate surface area is 487 Å². The third-order valence-electron chi connectivity index (χ3n) is 16.1. The molecule has 6 atom stereocenters. The lowest BCUT2D eigenvalue weighted by molar-refractivity contribution is -0.140. The van der Waals surface area contributed by atoms with Crippen molar-refractivity contribution in [3.8, 4) is 12.0 Å². The van der Waals surface area contributed by atoms with E-state index in [9.17, 15) is 44.7 Å². The van der Waals surface area contributed by atoms with Crippen LogP contribution in [0.25, 0.3) is 9.69 Å². The first-order valence-corrected chi connectivity index (χ1v) is 27.9. The molecule has 0 spiro atoms. The number of likely N-dealkylation sites (N-methyl/N-ethyl adjacent to an activating group) is 2. The van der Waals surface area contributed by atoms with Crippen molar-refractivity contribution < 1.29 is 68.8 Å². The van der Waals surface area contributed by atoms with E-state index in [0.29, 0.717) is 49.1 Å².